The predicted molar refractivity (Wildman–Crippen MR) is 148 cm³/mol. The molecule has 1 aromatic heterocycles. The Balaban J connectivity index is 1.64. The van der Waals surface area contributed by atoms with Gasteiger partial charge < -0.3 is 18.9 Å². The van der Waals surface area contributed by atoms with Gasteiger partial charge in [0.2, 0.25) is 0 Å². The first-order chi connectivity index (χ1) is 18.3. The van der Waals surface area contributed by atoms with Crippen molar-refractivity contribution in [3.63, 3.8) is 0 Å². The van der Waals surface area contributed by atoms with Crippen LogP contribution in [0.25, 0.3) is 11.0 Å². The summed E-state index contributed by atoms with van der Waals surface area (Å²) in [5.74, 6) is 1.90. The summed E-state index contributed by atoms with van der Waals surface area (Å²) in [5.41, 5.74) is 2.67. The maximum Gasteiger partial charge on any atom is 0.420 e. The third-order valence-electron chi connectivity index (χ3n) is 5.79. The number of fused-ring (bicyclic) bond motifs is 1. The van der Waals surface area contributed by atoms with Crippen LogP contribution in [-0.2, 0) is 15.9 Å². The smallest absolute Gasteiger partial charge is 0.420 e. The number of ether oxygens (including phenoxy) is 4. The standard InChI is InChI=1S/C31H36N2O5/c1-6-35-25-17-18-27-26(21-25)32-29(33(27)30(34)38-31(3,4)5)28(36-7-2)23-13-15-24(16-14-23)37-20-19-22-11-9-8-10-12-22/h8-18,21,28H,6-7,19-20H2,1-5H3. The lowest BCUT2D eigenvalue weighted by Crippen LogP contribution is -2.29. The highest BCUT2D eigenvalue weighted by Crippen LogP contribution is 2.32. The molecule has 0 aliphatic carbocycles. The Kier molecular flexibility index (Phi) is 8.69. The van der Waals surface area contributed by atoms with Crippen molar-refractivity contribution in [2.24, 2.45) is 0 Å². The number of rotatable bonds is 10. The lowest BCUT2D eigenvalue weighted by atomic mass is 10.1. The van der Waals surface area contributed by atoms with E-state index in [-0.39, 0.29) is 0 Å². The summed E-state index contributed by atoms with van der Waals surface area (Å²) < 4.78 is 25.0. The van der Waals surface area contributed by atoms with E-state index in [1.165, 1.54) is 10.1 Å². The highest BCUT2D eigenvalue weighted by molar-refractivity contribution is 5.88. The lowest BCUT2D eigenvalue weighted by Gasteiger charge is -2.23. The van der Waals surface area contributed by atoms with Crippen molar-refractivity contribution in [1.82, 2.24) is 9.55 Å². The van der Waals surface area contributed by atoms with E-state index in [2.05, 4.69) is 12.1 Å². The van der Waals surface area contributed by atoms with E-state index in [0.29, 0.717) is 42.4 Å². The van der Waals surface area contributed by atoms with E-state index in [1.54, 1.807) is 0 Å². The van der Waals surface area contributed by atoms with Gasteiger partial charge in [-0.25, -0.2) is 14.3 Å². The van der Waals surface area contributed by atoms with Crippen LogP contribution >= 0.6 is 0 Å². The molecule has 0 radical (unpaired) electrons. The molecule has 4 aromatic rings. The molecule has 0 saturated carbocycles. The van der Waals surface area contributed by atoms with Gasteiger partial charge in [-0.15, -0.1) is 0 Å². The van der Waals surface area contributed by atoms with Gasteiger partial charge in [-0.1, -0.05) is 42.5 Å². The quantitative estimate of drug-likeness (QED) is 0.227. The lowest BCUT2D eigenvalue weighted by molar-refractivity contribution is 0.0486. The minimum atomic E-state index is -0.671. The van der Waals surface area contributed by atoms with E-state index >= 15 is 0 Å². The fourth-order valence-corrected chi connectivity index (χ4v) is 4.17. The number of benzene rings is 3. The largest absolute Gasteiger partial charge is 0.494 e. The van der Waals surface area contributed by atoms with Gasteiger partial charge in [-0.2, -0.15) is 0 Å². The Hall–Kier alpha value is -3.84. The second-order valence-electron chi connectivity index (χ2n) is 9.86. The van der Waals surface area contributed by atoms with Gasteiger partial charge in [0, 0.05) is 19.1 Å². The van der Waals surface area contributed by atoms with E-state index in [1.807, 2.05) is 95.3 Å². The molecule has 0 aliphatic rings. The van der Waals surface area contributed by atoms with Crippen molar-refractivity contribution in [3.8, 4) is 11.5 Å². The van der Waals surface area contributed by atoms with Crippen molar-refractivity contribution in [2.45, 2.75) is 52.7 Å². The van der Waals surface area contributed by atoms with Crippen LogP contribution in [0.4, 0.5) is 4.79 Å². The summed E-state index contributed by atoms with van der Waals surface area (Å²) in [6.07, 6.45) is -0.271. The van der Waals surface area contributed by atoms with Crippen LogP contribution in [-0.4, -0.2) is 41.1 Å². The summed E-state index contributed by atoms with van der Waals surface area (Å²) in [6.45, 7) is 10.9. The Bertz CT molecular complexity index is 1340. The van der Waals surface area contributed by atoms with Crippen molar-refractivity contribution >= 4 is 17.1 Å². The summed E-state index contributed by atoms with van der Waals surface area (Å²) in [6, 6.07) is 23.5. The van der Waals surface area contributed by atoms with Gasteiger partial charge in [0.15, 0.2) is 5.82 Å². The van der Waals surface area contributed by atoms with Crippen LogP contribution in [0.1, 0.15) is 57.7 Å². The number of carbonyl (C=O) groups excluding carboxylic acids is 1. The molecule has 0 fully saturated rings. The normalized spacial score (nSPS) is 12.3. The molecule has 4 rings (SSSR count). The summed E-state index contributed by atoms with van der Waals surface area (Å²) >= 11 is 0. The molecule has 1 unspecified atom stereocenters. The molecule has 1 atom stereocenters. The molecule has 200 valence electrons. The highest BCUT2D eigenvalue weighted by atomic mass is 16.6. The van der Waals surface area contributed by atoms with Crippen molar-refractivity contribution in [1.29, 1.82) is 0 Å². The number of hydrogen-bond donors (Lipinski definition) is 0. The first-order valence-electron chi connectivity index (χ1n) is 13.1. The topological polar surface area (TPSA) is 71.8 Å². The molecule has 0 spiro atoms. The van der Waals surface area contributed by atoms with Gasteiger partial charge in [-0.3, -0.25) is 0 Å². The van der Waals surface area contributed by atoms with Crippen molar-refractivity contribution in [2.75, 3.05) is 19.8 Å². The fourth-order valence-electron chi connectivity index (χ4n) is 4.17. The molecule has 7 nitrogen and oxygen atoms in total. The van der Waals surface area contributed by atoms with E-state index in [9.17, 15) is 4.79 Å². The fraction of sp³-hybridized carbons (Fsp3) is 0.355. The zero-order valence-corrected chi connectivity index (χ0v) is 22.8. The van der Waals surface area contributed by atoms with Crippen LogP contribution in [0.15, 0.2) is 72.8 Å². The molecule has 0 amide bonds. The number of hydrogen-bond acceptors (Lipinski definition) is 6. The number of imidazole rings is 1. The van der Waals surface area contributed by atoms with Gasteiger partial charge in [0.25, 0.3) is 0 Å². The van der Waals surface area contributed by atoms with Crippen molar-refractivity contribution in [3.05, 3.63) is 89.7 Å². The van der Waals surface area contributed by atoms with Crippen LogP contribution in [0.2, 0.25) is 0 Å². The molecule has 0 bridgehead atoms. The summed E-state index contributed by atoms with van der Waals surface area (Å²) in [4.78, 5) is 18.2. The molecule has 3 aromatic carbocycles. The van der Waals surface area contributed by atoms with Gasteiger partial charge >= 0.3 is 6.09 Å². The molecular weight excluding hydrogens is 480 g/mol. The zero-order valence-electron chi connectivity index (χ0n) is 22.8. The van der Waals surface area contributed by atoms with E-state index < -0.39 is 17.8 Å². The Morgan fingerprint density at radius 2 is 1.61 bits per heavy atom. The summed E-state index contributed by atoms with van der Waals surface area (Å²) in [5, 5.41) is 0. The molecule has 0 N–H and O–H groups in total. The van der Waals surface area contributed by atoms with Crippen LogP contribution < -0.4 is 9.47 Å². The zero-order chi connectivity index (χ0) is 27.1. The molecular formula is C31H36N2O5. The van der Waals surface area contributed by atoms with Crippen LogP contribution in [0.5, 0.6) is 11.5 Å². The second kappa shape index (κ2) is 12.1. The average Bonchev–Trinajstić information content (AvgIpc) is 3.26. The molecule has 1 heterocycles. The Labute approximate surface area is 224 Å². The minimum absolute atomic E-state index is 0.432. The highest BCUT2D eigenvalue weighted by Gasteiger charge is 2.29. The molecule has 38 heavy (non-hydrogen) atoms. The predicted octanol–water partition coefficient (Wildman–Crippen LogP) is 6.97. The first-order valence-corrected chi connectivity index (χ1v) is 13.1. The summed E-state index contributed by atoms with van der Waals surface area (Å²) in [7, 11) is 0. The second-order valence-corrected chi connectivity index (χ2v) is 9.86. The minimum Gasteiger partial charge on any atom is -0.494 e. The van der Waals surface area contributed by atoms with Gasteiger partial charge in [0.1, 0.15) is 23.2 Å². The number of nitrogens with zero attached hydrogens (tertiary/aromatic N) is 2. The van der Waals surface area contributed by atoms with Gasteiger partial charge in [-0.05, 0) is 70.0 Å². The van der Waals surface area contributed by atoms with E-state index in [4.69, 9.17) is 23.9 Å². The Morgan fingerprint density at radius 3 is 2.26 bits per heavy atom. The first kappa shape index (κ1) is 27.2. The maximum atomic E-state index is 13.4. The third-order valence-corrected chi connectivity index (χ3v) is 5.79. The Morgan fingerprint density at radius 1 is 0.895 bits per heavy atom. The monoisotopic (exact) mass is 516 g/mol. The molecule has 0 aliphatic heterocycles. The number of aromatic nitrogens is 2. The molecule has 7 heteroatoms. The van der Waals surface area contributed by atoms with Crippen LogP contribution in [0.3, 0.4) is 0 Å². The third kappa shape index (κ3) is 6.72. The van der Waals surface area contributed by atoms with Crippen molar-refractivity contribution < 1.29 is 23.7 Å². The van der Waals surface area contributed by atoms with Crippen LogP contribution in [0, 0.1) is 0 Å². The van der Waals surface area contributed by atoms with Gasteiger partial charge in [0.05, 0.1) is 24.2 Å². The average molecular weight is 517 g/mol. The molecule has 0 saturated heterocycles. The maximum absolute atomic E-state index is 13.4. The SMILES string of the molecule is CCOc1ccc2c(c1)nc(C(OCC)c1ccc(OCCc3ccccc3)cc1)n2C(=O)OC(C)(C)C. The van der Waals surface area contributed by atoms with E-state index in [0.717, 1.165) is 17.7 Å². The number of carbonyl (C=O) groups is 1.